The minimum absolute atomic E-state index is 0.0745. The molecule has 0 aliphatic carbocycles. The van der Waals surface area contributed by atoms with Gasteiger partial charge in [0.1, 0.15) is 11.5 Å². The summed E-state index contributed by atoms with van der Waals surface area (Å²) in [5, 5.41) is 3.19. The fraction of sp³-hybridized carbons (Fsp3) is 0.409. The summed E-state index contributed by atoms with van der Waals surface area (Å²) >= 11 is 1.69. The second-order valence-corrected chi connectivity index (χ2v) is 7.46. The zero-order chi connectivity index (χ0) is 19.5. The van der Waals surface area contributed by atoms with Crippen LogP contribution in [0.5, 0.6) is 11.5 Å². The molecule has 0 bridgehead atoms. The molecule has 2 aromatic rings. The van der Waals surface area contributed by atoms with Gasteiger partial charge in [-0.15, -0.1) is 0 Å². The van der Waals surface area contributed by atoms with Crippen LogP contribution in [0.25, 0.3) is 0 Å². The molecule has 0 aliphatic rings. The molecule has 0 saturated heterocycles. The van der Waals surface area contributed by atoms with E-state index < -0.39 is 0 Å². The number of carbonyl (C=O) groups excluding carboxylic acids is 1. The number of methoxy groups -OCH3 is 2. The Bertz CT molecular complexity index is 686. The van der Waals surface area contributed by atoms with Crippen molar-refractivity contribution in [3.05, 3.63) is 59.7 Å². The van der Waals surface area contributed by atoms with Crippen LogP contribution in [0, 0.1) is 0 Å². The van der Waals surface area contributed by atoms with Crippen molar-refractivity contribution in [1.82, 2.24) is 5.32 Å². The third-order valence-electron chi connectivity index (χ3n) is 4.33. The van der Waals surface area contributed by atoms with E-state index in [1.807, 2.05) is 48.5 Å². The average Bonchev–Trinajstić information content (AvgIpc) is 2.71. The van der Waals surface area contributed by atoms with Crippen molar-refractivity contribution in [1.29, 1.82) is 0 Å². The summed E-state index contributed by atoms with van der Waals surface area (Å²) in [6.45, 7) is 2.16. The monoisotopic (exact) mass is 387 g/mol. The highest BCUT2D eigenvalue weighted by molar-refractivity contribution is 7.99. The quantitative estimate of drug-likeness (QED) is 0.571. The number of benzene rings is 2. The van der Waals surface area contributed by atoms with Crippen molar-refractivity contribution in [3.8, 4) is 11.5 Å². The maximum absolute atomic E-state index is 12.4. The lowest BCUT2D eigenvalue weighted by Gasteiger charge is -2.20. The van der Waals surface area contributed by atoms with Gasteiger partial charge in [-0.2, -0.15) is 11.8 Å². The molecule has 4 nitrogen and oxygen atoms in total. The molecule has 0 fully saturated rings. The topological polar surface area (TPSA) is 47.6 Å². The molecular weight excluding hydrogens is 358 g/mol. The van der Waals surface area contributed by atoms with Crippen LogP contribution >= 0.6 is 11.8 Å². The second-order valence-electron chi connectivity index (χ2n) is 6.35. The molecule has 0 saturated carbocycles. The van der Waals surface area contributed by atoms with Gasteiger partial charge in [-0.1, -0.05) is 37.6 Å². The highest BCUT2D eigenvalue weighted by atomic mass is 32.2. The van der Waals surface area contributed by atoms with Gasteiger partial charge in [-0.3, -0.25) is 4.79 Å². The van der Waals surface area contributed by atoms with E-state index >= 15 is 0 Å². The molecule has 0 spiro atoms. The number of amides is 1. The first-order valence-electron chi connectivity index (χ1n) is 9.30. The van der Waals surface area contributed by atoms with Crippen LogP contribution in [-0.2, 0) is 11.2 Å². The summed E-state index contributed by atoms with van der Waals surface area (Å²) in [5.74, 6) is 3.23. The summed E-state index contributed by atoms with van der Waals surface area (Å²) < 4.78 is 10.5. The largest absolute Gasteiger partial charge is 0.497 e. The molecular formula is C22H29NO3S. The lowest BCUT2D eigenvalue weighted by molar-refractivity contribution is -0.119. The number of hydrogen-bond acceptors (Lipinski definition) is 4. The number of ether oxygens (including phenoxy) is 2. The first-order valence-corrected chi connectivity index (χ1v) is 10.5. The Labute approximate surface area is 166 Å². The van der Waals surface area contributed by atoms with Gasteiger partial charge < -0.3 is 14.8 Å². The molecule has 0 heterocycles. The zero-order valence-electron chi connectivity index (χ0n) is 16.4. The van der Waals surface area contributed by atoms with Gasteiger partial charge in [0.25, 0.3) is 0 Å². The first kappa shape index (κ1) is 21.2. The Morgan fingerprint density at radius 3 is 2.15 bits per heavy atom. The summed E-state index contributed by atoms with van der Waals surface area (Å²) in [6, 6.07) is 15.8. The zero-order valence-corrected chi connectivity index (χ0v) is 17.2. The average molecular weight is 388 g/mol. The van der Waals surface area contributed by atoms with Crippen molar-refractivity contribution < 1.29 is 14.3 Å². The van der Waals surface area contributed by atoms with Crippen molar-refractivity contribution >= 4 is 17.7 Å². The number of nitrogens with one attached hydrogen (secondary N) is 1. The standard InChI is InChI=1S/C22H29NO3S/c1-4-5-14-27-16-22(24)23-21(18-8-12-20(26-3)13-9-18)15-17-6-10-19(25-2)11-7-17/h6-13,21H,4-5,14-16H2,1-3H3,(H,23,24). The molecule has 1 amide bonds. The van der Waals surface area contributed by atoms with Crippen LogP contribution in [0.1, 0.15) is 36.9 Å². The summed E-state index contributed by atoms with van der Waals surface area (Å²) in [5.41, 5.74) is 2.22. The number of carbonyl (C=O) groups is 1. The number of hydrogen-bond donors (Lipinski definition) is 1. The van der Waals surface area contributed by atoms with Gasteiger partial charge in [0.05, 0.1) is 26.0 Å². The molecule has 0 aliphatic heterocycles. The summed E-state index contributed by atoms with van der Waals surface area (Å²) in [6.07, 6.45) is 3.02. The molecule has 27 heavy (non-hydrogen) atoms. The predicted molar refractivity (Wildman–Crippen MR) is 113 cm³/mol. The van der Waals surface area contributed by atoms with Crippen molar-refractivity contribution in [2.75, 3.05) is 25.7 Å². The molecule has 0 aromatic heterocycles. The molecule has 1 unspecified atom stereocenters. The van der Waals surface area contributed by atoms with E-state index in [0.29, 0.717) is 5.75 Å². The van der Waals surface area contributed by atoms with Gasteiger partial charge in [-0.25, -0.2) is 0 Å². The fourth-order valence-electron chi connectivity index (χ4n) is 2.73. The number of thioether (sulfide) groups is 1. The predicted octanol–water partition coefficient (Wildman–Crippen LogP) is 4.64. The molecule has 5 heteroatoms. The van der Waals surface area contributed by atoms with E-state index in [0.717, 1.165) is 47.6 Å². The SMILES string of the molecule is CCCCSCC(=O)NC(Cc1ccc(OC)cc1)c1ccc(OC)cc1. The molecule has 2 aromatic carbocycles. The van der Waals surface area contributed by atoms with Crippen LogP contribution in [0.15, 0.2) is 48.5 Å². The van der Waals surface area contributed by atoms with Crippen LogP contribution in [0.2, 0.25) is 0 Å². The lowest BCUT2D eigenvalue weighted by Crippen LogP contribution is -2.31. The number of rotatable bonds is 11. The van der Waals surface area contributed by atoms with E-state index in [2.05, 4.69) is 12.2 Å². The van der Waals surface area contributed by atoms with E-state index in [1.54, 1.807) is 26.0 Å². The maximum atomic E-state index is 12.4. The van der Waals surface area contributed by atoms with Gasteiger partial charge in [0.2, 0.25) is 5.91 Å². The van der Waals surface area contributed by atoms with E-state index in [9.17, 15) is 4.79 Å². The van der Waals surface area contributed by atoms with E-state index in [4.69, 9.17) is 9.47 Å². The van der Waals surface area contributed by atoms with Crippen molar-refractivity contribution in [2.24, 2.45) is 0 Å². The molecule has 0 radical (unpaired) electrons. The second kappa shape index (κ2) is 11.5. The van der Waals surface area contributed by atoms with Gasteiger partial charge in [0, 0.05) is 0 Å². The third-order valence-corrected chi connectivity index (χ3v) is 5.37. The van der Waals surface area contributed by atoms with Crippen LogP contribution in [0.3, 0.4) is 0 Å². The third kappa shape index (κ3) is 7.18. The lowest BCUT2D eigenvalue weighted by atomic mass is 9.98. The summed E-state index contributed by atoms with van der Waals surface area (Å²) in [7, 11) is 3.31. The molecule has 146 valence electrons. The van der Waals surface area contributed by atoms with Gasteiger partial charge in [0.15, 0.2) is 0 Å². The van der Waals surface area contributed by atoms with Gasteiger partial charge >= 0.3 is 0 Å². The Kier molecular flexibility index (Phi) is 9.05. The van der Waals surface area contributed by atoms with Crippen LogP contribution in [0.4, 0.5) is 0 Å². The van der Waals surface area contributed by atoms with E-state index in [1.165, 1.54) is 0 Å². The Hall–Kier alpha value is -2.14. The van der Waals surface area contributed by atoms with Crippen molar-refractivity contribution in [3.63, 3.8) is 0 Å². The Morgan fingerprint density at radius 2 is 1.59 bits per heavy atom. The molecule has 1 atom stereocenters. The van der Waals surface area contributed by atoms with Gasteiger partial charge in [-0.05, 0) is 54.0 Å². The minimum Gasteiger partial charge on any atom is -0.497 e. The van der Waals surface area contributed by atoms with E-state index in [-0.39, 0.29) is 11.9 Å². The summed E-state index contributed by atoms with van der Waals surface area (Å²) in [4.78, 5) is 12.4. The fourth-order valence-corrected chi connectivity index (χ4v) is 3.64. The number of unbranched alkanes of at least 4 members (excludes halogenated alkanes) is 1. The van der Waals surface area contributed by atoms with Crippen LogP contribution < -0.4 is 14.8 Å². The Morgan fingerprint density at radius 1 is 1.00 bits per heavy atom. The Balaban J connectivity index is 2.07. The highest BCUT2D eigenvalue weighted by Gasteiger charge is 2.16. The highest BCUT2D eigenvalue weighted by Crippen LogP contribution is 2.23. The minimum atomic E-state index is -0.0800. The molecule has 1 N–H and O–H groups in total. The van der Waals surface area contributed by atoms with Crippen LogP contribution in [-0.4, -0.2) is 31.6 Å². The molecule has 2 rings (SSSR count). The smallest absolute Gasteiger partial charge is 0.230 e. The normalized spacial score (nSPS) is 11.7. The first-order chi connectivity index (χ1) is 13.2. The van der Waals surface area contributed by atoms with Crippen molar-refractivity contribution in [2.45, 2.75) is 32.2 Å². The maximum Gasteiger partial charge on any atom is 0.230 e.